The van der Waals surface area contributed by atoms with Crippen molar-refractivity contribution in [2.75, 3.05) is 62.4 Å². The zero-order valence-corrected chi connectivity index (χ0v) is 46.6. The number of benzene rings is 4. The standard InChI is InChI=1S/C28H27N5O2.C18H24BNO3.C16H15ClN4O.CH4/c29-18-21-17-20(7-10-25(21)35-23-3-1-2-4-23)24-11-12-30-28-26(24)31-27(32-28)19-5-8-22(9-6-19)33-13-15-34-16-14-33;1-17(2)18(3,4)23-19(22-17)14-9-10-16(13(11-14)12-20)21-15-7-5-6-8-15;17-13-5-6-18-16-14(13)19-15(20-16)11-1-3-12(4-2-11)21-7-9-22-10-8-21;/h5-12,17,23H,1-4,13-16H2,(H,30,31,32);9-11,15H,5-8H2,1-4H3;1-6H,7-10H2,(H,18,19,20);1H4. The number of aromatic amines is 2. The summed E-state index contributed by atoms with van der Waals surface area (Å²) >= 11 is 6.15. The van der Waals surface area contributed by atoms with Crippen LogP contribution in [0.2, 0.25) is 5.02 Å². The molecule has 4 aromatic heterocycles. The van der Waals surface area contributed by atoms with Crippen molar-refractivity contribution in [2.45, 2.75) is 110 Å². The van der Waals surface area contributed by atoms with Crippen molar-refractivity contribution in [1.82, 2.24) is 29.9 Å². The summed E-state index contributed by atoms with van der Waals surface area (Å²) in [6.45, 7) is 14.9. The number of halogens is 1. The second-order valence-electron chi connectivity index (χ2n) is 21.8. The molecule has 13 rings (SSSR count). The largest absolute Gasteiger partial charge is 0.494 e. The van der Waals surface area contributed by atoms with Crippen LogP contribution in [0, 0.1) is 22.7 Å². The number of nitrogens with one attached hydrogen (secondary N) is 2. The summed E-state index contributed by atoms with van der Waals surface area (Å²) in [6.07, 6.45) is 12.9. The fourth-order valence-electron chi connectivity index (χ4n) is 10.7. The fourth-order valence-corrected chi connectivity index (χ4v) is 10.9. The van der Waals surface area contributed by atoms with Crippen molar-refractivity contribution in [3.8, 4) is 57.5 Å². The van der Waals surface area contributed by atoms with Crippen molar-refractivity contribution >= 4 is 57.9 Å². The first-order valence-electron chi connectivity index (χ1n) is 27.9. The van der Waals surface area contributed by atoms with Crippen molar-refractivity contribution < 1.29 is 28.3 Å². The maximum atomic E-state index is 9.77. The van der Waals surface area contributed by atoms with Gasteiger partial charge in [0.25, 0.3) is 0 Å². The Bertz CT molecular complexity index is 3500. The lowest BCUT2D eigenvalue weighted by Crippen LogP contribution is -2.41. The molecular formula is C63H70BClN10O6. The summed E-state index contributed by atoms with van der Waals surface area (Å²) in [5.74, 6) is 2.89. The number of nitrogens with zero attached hydrogens (tertiary/aromatic N) is 8. The van der Waals surface area contributed by atoms with E-state index in [-0.39, 0.29) is 30.8 Å². The minimum atomic E-state index is -0.451. The van der Waals surface area contributed by atoms with E-state index in [0.717, 1.165) is 129 Å². The third kappa shape index (κ3) is 12.8. The molecule has 5 fully saturated rings. The average Bonchev–Trinajstić information content (AvgIpc) is 4.53. The molecule has 7 heterocycles. The molecule has 0 atom stereocenters. The van der Waals surface area contributed by atoms with Gasteiger partial charge in [-0.05, 0) is 175 Å². The number of hydrogen-bond acceptors (Lipinski definition) is 14. The molecule has 0 unspecified atom stereocenters. The molecule has 0 spiro atoms. The van der Waals surface area contributed by atoms with Crippen molar-refractivity contribution in [1.29, 1.82) is 10.5 Å². The number of rotatable bonds is 10. The van der Waals surface area contributed by atoms with Crippen LogP contribution < -0.4 is 24.7 Å². The Balaban J connectivity index is 0.000000141. The lowest BCUT2D eigenvalue weighted by molar-refractivity contribution is 0.00578. The Morgan fingerprint density at radius 1 is 0.580 bits per heavy atom. The lowest BCUT2D eigenvalue weighted by Gasteiger charge is -2.32. The smallest absolute Gasteiger partial charge is 0.489 e. The van der Waals surface area contributed by atoms with E-state index in [1.165, 1.54) is 37.1 Å². The maximum absolute atomic E-state index is 9.77. The van der Waals surface area contributed by atoms with Gasteiger partial charge in [-0.2, -0.15) is 10.5 Å². The molecule has 18 heteroatoms. The van der Waals surface area contributed by atoms with Gasteiger partial charge in [-0.1, -0.05) is 31.2 Å². The van der Waals surface area contributed by atoms with Gasteiger partial charge in [-0.15, -0.1) is 0 Å². The first-order chi connectivity index (χ1) is 38.9. The molecule has 8 aromatic rings. The number of H-pyrrole nitrogens is 2. The lowest BCUT2D eigenvalue weighted by atomic mass is 9.78. The molecule has 3 saturated heterocycles. The van der Waals surface area contributed by atoms with Crippen LogP contribution in [0.1, 0.15) is 97.6 Å². The van der Waals surface area contributed by atoms with E-state index in [9.17, 15) is 10.5 Å². The van der Waals surface area contributed by atoms with Gasteiger partial charge in [0.2, 0.25) is 0 Å². The Morgan fingerprint density at radius 3 is 1.52 bits per heavy atom. The Hall–Kier alpha value is -7.51. The highest BCUT2D eigenvalue weighted by Gasteiger charge is 2.52. The second-order valence-corrected chi connectivity index (χ2v) is 22.2. The van der Waals surface area contributed by atoms with E-state index < -0.39 is 7.12 Å². The third-order valence-corrected chi connectivity index (χ3v) is 16.3. The molecule has 418 valence electrons. The Labute approximate surface area is 479 Å². The number of imidazole rings is 2. The van der Waals surface area contributed by atoms with Gasteiger partial charge >= 0.3 is 7.12 Å². The number of hydrogen-bond donors (Lipinski definition) is 2. The summed E-state index contributed by atoms with van der Waals surface area (Å²) < 4.78 is 35.1. The van der Waals surface area contributed by atoms with E-state index in [1.54, 1.807) is 18.5 Å². The van der Waals surface area contributed by atoms with E-state index in [2.05, 4.69) is 95.4 Å². The van der Waals surface area contributed by atoms with Crippen LogP contribution in [0.25, 0.3) is 56.2 Å². The van der Waals surface area contributed by atoms with Gasteiger partial charge in [-0.3, -0.25) is 0 Å². The molecule has 0 bridgehead atoms. The van der Waals surface area contributed by atoms with Gasteiger partial charge in [0, 0.05) is 66.6 Å². The monoisotopic (exact) mass is 1110 g/mol. The molecular weight excluding hydrogens is 1040 g/mol. The molecule has 0 amide bonds. The fraction of sp³-hybridized carbons (Fsp3) is 0.397. The highest BCUT2D eigenvalue weighted by Crippen LogP contribution is 2.38. The van der Waals surface area contributed by atoms with E-state index >= 15 is 0 Å². The SMILES string of the molecule is C.CC1(C)OB(c2ccc(OC3CCCC3)c(C#N)c2)OC1(C)C.Clc1ccnc2nc(-c3ccc(N4CCOCC4)cc3)[nH]c12.N#Cc1cc(-c2ccnc3nc(-c4ccc(N5CCOCC5)cc4)[nH]c23)ccc1OC1CCCC1. The first kappa shape index (κ1) is 56.8. The number of fused-ring (bicyclic) bond motifs is 2. The number of pyridine rings is 2. The number of morpholine rings is 2. The average molecular weight is 1110 g/mol. The van der Waals surface area contributed by atoms with E-state index in [0.29, 0.717) is 38.9 Å². The number of nitriles is 2. The summed E-state index contributed by atoms with van der Waals surface area (Å²) in [5, 5.41) is 19.9. The molecule has 81 heavy (non-hydrogen) atoms. The van der Waals surface area contributed by atoms with Crippen LogP contribution in [0.15, 0.2) is 109 Å². The highest BCUT2D eigenvalue weighted by molar-refractivity contribution is 6.62. The van der Waals surface area contributed by atoms with Crippen LogP contribution in [0.5, 0.6) is 11.5 Å². The van der Waals surface area contributed by atoms with Gasteiger partial charge in [0.1, 0.15) is 40.8 Å². The van der Waals surface area contributed by atoms with Crippen LogP contribution in [-0.4, -0.2) is 113 Å². The van der Waals surface area contributed by atoms with E-state index in [1.807, 2.05) is 70.2 Å². The Morgan fingerprint density at radius 2 is 1.02 bits per heavy atom. The Kier molecular flexibility index (Phi) is 17.6. The summed E-state index contributed by atoms with van der Waals surface area (Å²) in [4.78, 5) is 29.3. The zero-order chi connectivity index (χ0) is 55.2. The van der Waals surface area contributed by atoms with Gasteiger partial charge in [0.05, 0.1) is 71.5 Å². The number of ether oxygens (including phenoxy) is 4. The van der Waals surface area contributed by atoms with Crippen molar-refractivity contribution in [2.24, 2.45) is 0 Å². The minimum Gasteiger partial charge on any atom is -0.489 e. The van der Waals surface area contributed by atoms with Crippen LogP contribution in [0.3, 0.4) is 0 Å². The minimum absolute atomic E-state index is 0. The molecule has 2 N–H and O–H groups in total. The van der Waals surface area contributed by atoms with Gasteiger partial charge in [0.15, 0.2) is 11.3 Å². The molecule has 4 aromatic carbocycles. The topological polar surface area (TPSA) is 193 Å². The second kappa shape index (κ2) is 25.1. The predicted molar refractivity (Wildman–Crippen MR) is 319 cm³/mol. The first-order valence-corrected chi connectivity index (χ1v) is 28.3. The van der Waals surface area contributed by atoms with Crippen LogP contribution >= 0.6 is 11.6 Å². The molecule has 3 aliphatic heterocycles. The number of anilines is 2. The van der Waals surface area contributed by atoms with Crippen LogP contribution in [0.4, 0.5) is 11.4 Å². The maximum Gasteiger partial charge on any atom is 0.494 e. The third-order valence-electron chi connectivity index (χ3n) is 16.0. The molecule has 2 saturated carbocycles. The van der Waals surface area contributed by atoms with Gasteiger partial charge in [-0.25, -0.2) is 19.9 Å². The van der Waals surface area contributed by atoms with Crippen molar-refractivity contribution in [3.63, 3.8) is 0 Å². The van der Waals surface area contributed by atoms with Crippen LogP contribution in [-0.2, 0) is 18.8 Å². The molecule has 16 nitrogen and oxygen atoms in total. The molecule has 2 aliphatic carbocycles. The van der Waals surface area contributed by atoms with Crippen molar-refractivity contribution in [3.05, 3.63) is 126 Å². The molecule has 5 aliphatic rings. The highest BCUT2D eigenvalue weighted by atomic mass is 35.5. The normalized spacial score (nSPS) is 17.8. The van der Waals surface area contributed by atoms with Gasteiger partial charge < -0.3 is 48.0 Å². The quantitative estimate of drug-likeness (QED) is 0.123. The predicted octanol–water partition coefficient (Wildman–Crippen LogP) is 12.3. The number of aromatic nitrogens is 6. The summed E-state index contributed by atoms with van der Waals surface area (Å²) in [5.41, 5.74) is 10.4. The van der Waals surface area contributed by atoms with E-state index in [4.69, 9.17) is 44.8 Å². The summed E-state index contributed by atoms with van der Waals surface area (Å²) in [7, 11) is -0.451. The summed E-state index contributed by atoms with van der Waals surface area (Å²) in [6, 6.07) is 36.5. The molecule has 0 radical (unpaired) electrons. The zero-order valence-electron chi connectivity index (χ0n) is 45.8.